The highest BCUT2D eigenvalue weighted by atomic mass is 35.5. The van der Waals surface area contributed by atoms with E-state index in [-0.39, 0.29) is 24.1 Å². The summed E-state index contributed by atoms with van der Waals surface area (Å²) in [5.41, 5.74) is 1.60. The molecule has 0 N–H and O–H groups in total. The first kappa shape index (κ1) is 21.3. The van der Waals surface area contributed by atoms with E-state index in [1.165, 1.54) is 17.4 Å². The number of halogens is 2. The topological polar surface area (TPSA) is 54.3 Å². The number of rotatable bonds is 6. The quantitative estimate of drug-likeness (QED) is 0.622. The van der Waals surface area contributed by atoms with Gasteiger partial charge < -0.3 is 4.90 Å². The molecule has 3 aromatic rings. The van der Waals surface area contributed by atoms with Crippen LogP contribution in [0.1, 0.15) is 23.1 Å². The Morgan fingerprint density at radius 3 is 2.63 bits per heavy atom. The van der Waals surface area contributed by atoms with Crippen molar-refractivity contribution < 1.29 is 9.18 Å². The van der Waals surface area contributed by atoms with Crippen LogP contribution in [0.3, 0.4) is 0 Å². The summed E-state index contributed by atoms with van der Waals surface area (Å²) in [4.78, 5) is 21.1. The first-order valence-electron chi connectivity index (χ1n) is 8.46. The number of aromatic nitrogens is 3. The molecule has 1 amide bonds. The largest absolute Gasteiger partial charge is 0.308 e. The summed E-state index contributed by atoms with van der Waals surface area (Å²) in [6.07, 6.45) is 0. The predicted molar refractivity (Wildman–Crippen MR) is 110 cm³/mol. The maximum absolute atomic E-state index is 14.0. The molecule has 6 nitrogen and oxygen atoms in total. The molecule has 2 aromatic heterocycles. The molecule has 146 valence electrons. The van der Waals surface area contributed by atoms with E-state index in [0.717, 1.165) is 10.4 Å². The molecule has 0 saturated heterocycles. The Labute approximate surface area is 168 Å². The van der Waals surface area contributed by atoms with Crippen molar-refractivity contribution in [3.63, 3.8) is 0 Å². The van der Waals surface area contributed by atoms with Crippen LogP contribution in [0, 0.1) is 12.7 Å². The molecule has 1 aromatic carbocycles. The minimum atomic E-state index is -0.379. The first-order valence-corrected chi connectivity index (χ1v) is 9.28. The Hall–Kier alpha value is -2.03. The van der Waals surface area contributed by atoms with Crippen molar-refractivity contribution in [2.75, 3.05) is 32.1 Å². The molecule has 0 radical (unpaired) electrons. The Morgan fingerprint density at radius 1 is 1.30 bits per heavy atom. The number of carbonyl (C=O) groups excluding carboxylic acids is 1. The summed E-state index contributed by atoms with van der Waals surface area (Å²) in [5.74, 6) is -0.599. The van der Waals surface area contributed by atoms with Crippen molar-refractivity contribution >= 4 is 45.0 Å². The standard InChI is InChI=1S/C18H22FN5OS.ClH/c1-5-24-12(2)11-14(21-24)17(25)23(10-9-22(3)4)18-20-16-13(19)7-6-8-15(16)26-18;/h6-8,11H,5,9-10H2,1-4H3;1H. The Bertz CT molecular complexity index is 939. The molecule has 0 spiro atoms. The van der Waals surface area contributed by atoms with Crippen molar-refractivity contribution in [2.45, 2.75) is 20.4 Å². The van der Waals surface area contributed by atoms with E-state index < -0.39 is 0 Å². The van der Waals surface area contributed by atoms with Crippen LogP contribution in [0.25, 0.3) is 10.2 Å². The van der Waals surface area contributed by atoms with Crippen molar-refractivity contribution in [3.05, 3.63) is 41.5 Å². The second kappa shape index (κ2) is 8.77. The normalized spacial score (nSPS) is 11.0. The molecule has 9 heteroatoms. The number of hydrogen-bond donors (Lipinski definition) is 0. The third-order valence-corrected chi connectivity index (χ3v) is 5.15. The van der Waals surface area contributed by atoms with E-state index >= 15 is 0 Å². The summed E-state index contributed by atoms with van der Waals surface area (Å²) in [6.45, 7) is 5.71. The number of hydrogen-bond acceptors (Lipinski definition) is 5. The number of para-hydroxylation sites is 1. The molecule has 0 atom stereocenters. The van der Waals surface area contributed by atoms with E-state index in [0.29, 0.717) is 36.0 Å². The number of thiazole rings is 1. The highest BCUT2D eigenvalue weighted by Crippen LogP contribution is 2.31. The van der Waals surface area contributed by atoms with Gasteiger partial charge in [0, 0.05) is 25.3 Å². The highest BCUT2D eigenvalue weighted by Gasteiger charge is 2.24. The van der Waals surface area contributed by atoms with E-state index in [1.807, 2.05) is 38.9 Å². The molecule has 0 aliphatic heterocycles. The fourth-order valence-electron chi connectivity index (χ4n) is 2.68. The molecule has 3 rings (SSSR count). The summed E-state index contributed by atoms with van der Waals surface area (Å²) >= 11 is 1.31. The summed E-state index contributed by atoms with van der Waals surface area (Å²) in [5, 5.41) is 4.87. The molecule has 0 saturated carbocycles. The average Bonchev–Trinajstić information content (AvgIpc) is 3.19. The van der Waals surface area contributed by atoms with Gasteiger partial charge in [-0.3, -0.25) is 14.4 Å². The molecular formula is C18H23ClFN5OS. The molecule has 0 unspecified atom stereocenters. The number of aryl methyl sites for hydroxylation is 2. The second-order valence-corrected chi connectivity index (χ2v) is 7.34. The van der Waals surface area contributed by atoms with E-state index in [4.69, 9.17) is 0 Å². The maximum atomic E-state index is 14.0. The Kier molecular flexibility index (Phi) is 6.91. The fraction of sp³-hybridized carbons (Fsp3) is 0.389. The van der Waals surface area contributed by atoms with Gasteiger partial charge >= 0.3 is 0 Å². The molecular weight excluding hydrogens is 389 g/mol. The van der Waals surface area contributed by atoms with Crippen LogP contribution in [-0.4, -0.2) is 52.8 Å². The van der Waals surface area contributed by atoms with Crippen LogP contribution in [0.5, 0.6) is 0 Å². The van der Waals surface area contributed by atoms with Gasteiger partial charge in [0.05, 0.1) is 4.70 Å². The average molecular weight is 412 g/mol. The third kappa shape index (κ3) is 4.45. The minimum Gasteiger partial charge on any atom is -0.308 e. The lowest BCUT2D eigenvalue weighted by Crippen LogP contribution is -2.37. The van der Waals surface area contributed by atoms with Gasteiger partial charge in [0.25, 0.3) is 5.91 Å². The highest BCUT2D eigenvalue weighted by molar-refractivity contribution is 7.22. The summed E-state index contributed by atoms with van der Waals surface area (Å²) in [7, 11) is 3.88. The number of likely N-dealkylation sites (N-methyl/N-ethyl adjacent to an activating group) is 1. The second-order valence-electron chi connectivity index (χ2n) is 6.33. The molecule has 0 fully saturated rings. The van der Waals surface area contributed by atoms with E-state index in [1.54, 1.807) is 21.7 Å². The zero-order valence-corrected chi connectivity index (χ0v) is 17.4. The number of benzene rings is 1. The van der Waals surface area contributed by atoms with Crippen LogP contribution >= 0.6 is 23.7 Å². The summed E-state index contributed by atoms with van der Waals surface area (Å²) < 4.78 is 16.5. The van der Waals surface area contributed by atoms with Crippen molar-refractivity contribution in [1.29, 1.82) is 0 Å². The lowest BCUT2D eigenvalue weighted by Gasteiger charge is -2.21. The molecule has 0 aliphatic carbocycles. The maximum Gasteiger partial charge on any atom is 0.280 e. The predicted octanol–water partition coefficient (Wildman–Crippen LogP) is 3.59. The van der Waals surface area contributed by atoms with E-state index in [9.17, 15) is 9.18 Å². The van der Waals surface area contributed by atoms with Crippen LogP contribution in [0.15, 0.2) is 24.3 Å². The minimum absolute atomic E-state index is 0. The van der Waals surface area contributed by atoms with Crippen molar-refractivity contribution in [2.24, 2.45) is 0 Å². The van der Waals surface area contributed by atoms with Gasteiger partial charge in [-0.05, 0) is 46.1 Å². The van der Waals surface area contributed by atoms with Gasteiger partial charge in [-0.15, -0.1) is 12.4 Å². The third-order valence-electron chi connectivity index (χ3n) is 4.11. The lowest BCUT2D eigenvalue weighted by molar-refractivity contribution is 0.0979. The van der Waals surface area contributed by atoms with Gasteiger partial charge in [-0.25, -0.2) is 9.37 Å². The van der Waals surface area contributed by atoms with Crippen molar-refractivity contribution in [1.82, 2.24) is 19.7 Å². The Balaban J connectivity index is 0.00000261. The van der Waals surface area contributed by atoms with Crippen LogP contribution < -0.4 is 4.90 Å². The van der Waals surface area contributed by atoms with Gasteiger partial charge in [-0.2, -0.15) is 5.10 Å². The molecule has 27 heavy (non-hydrogen) atoms. The lowest BCUT2D eigenvalue weighted by atomic mass is 10.3. The fourth-order valence-corrected chi connectivity index (χ4v) is 3.68. The van der Waals surface area contributed by atoms with Crippen molar-refractivity contribution in [3.8, 4) is 0 Å². The van der Waals surface area contributed by atoms with Gasteiger partial charge in [-0.1, -0.05) is 17.4 Å². The zero-order chi connectivity index (χ0) is 18.8. The van der Waals surface area contributed by atoms with Crippen LogP contribution in [0.2, 0.25) is 0 Å². The monoisotopic (exact) mass is 411 g/mol. The van der Waals surface area contributed by atoms with Gasteiger partial charge in [0.15, 0.2) is 10.8 Å². The number of carbonyl (C=O) groups is 1. The van der Waals surface area contributed by atoms with Gasteiger partial charge in [0.1, 0.15) is 11.3 Å². The van der Waals surface area contributed by atoms with Gasteiger partial charge in [0.2, 0.25) is 0 Å². The first-order chi connectivity index (χ1) is 12.4. The molecule has 0 bridgehead atoms. The SMILES string of the molecule is CCn1nc(C(=O)N(CCN(C)C)c2nc3c(F)cccc3s2)cc1C.Cl. The number of amides is 1. The van der Waals surface area contributed by atoms with E-state index in [2.05, 4.69) is 10.1 Å². The number of nitrogens with zero attached hydrogens (tertiary/aromatic N) is 5. The molecule has 2 heterocycles. The number of fused-ring (bicyclic) bond motifs is 1. The van der Waals surface area contributed by atoms with Crippen LogP contribution in [-0.2, 0) is 6.54 Å². The number of anilines is 1. The smallest absolute Gasteiger partial charge is 0.280 e. The van der Waals surface area contributed by atoms with Crippen LogP contribution in [0.4, 0.5) is 9.52 Å². The molecule has 0 aliphatic rings. The summed E-state index contributed by atoms with van der Waals surface area (Å²) in [6, 6.07) is 6.62. The zero-order valence-electron chi connectivity index (χ0n) is 15.8. The Morgan fingerprint density at radius 2 is 2.04 bits per heavy atom.